The number of rotatable bonds is 0. The van der Waals surface area contributed by atoms with Crippen molar-refractivity contribution in [2.24, 2.45) is 0 Å². The minimum atomic E-state index is -1.50. The third-order valence-electron chi connectivity index (χ3n) is 0. The van der Waals surface area contributed by atoms with Gasteiger partial charge in [-0.25, -0.2) is 0 Å². The fourth-order valence-corrected chi connectivity index (χ4v) is 0. The molecule has 0 aliphatic rings. The van der Waals surface area contributed by atoms with Gasteiger partial charge in [0.2, 0.25) is 0 Å². The normalized spacial score (nSPS) is 4.80. The molecule has 0 rings (SSSR count). The topological polar surface area (TPSA) is 63.4 Å². The van der Waals surface area contributed by atoms with E-state index in [1.165, 1.54) is 0 Å². The third-order valence-corrected chi connectivity index (χ3v) is 0. The molecular weight excluding hydrogens is 174 g/mol. The predicted octanol–water partition coefficient (Wildman–Crippen LogP) is -0.350. The summed E-state index contributed by atoms with van der Waals surface area (Å²) >= 11 is 0. The molecule has 0 atom stereocenters. The first-order valence-electron chi connectivity index (χ1n) is 0.565. The van der Waals surface area contributed by atoms with E-state index in [1.54, 1.807) is 0 Å². The van der Waals surface area contributed by atoms with Crippen molar-refractivity contribution in [2.45, 2.75) is 0 Å². The van der Waals surface area contributed by atoms with Crippen molar-refractivity contribution in [1.82, 2.24) is 0 Å². The van der Waals surface area contributed by atoms with Crippen LogP contribution in [0.15, 0.2) is 0 Å². The Balaban J connectivity index is 0. The predicted molar refractivity (Wildman–Crippen MR) is 8.78 cm³/mol. The first kappa shape index (κ1) is 8.93. The zero-order valence-corrected chi connectivity index (χ0v) is 6.45. The Bertz CT molecular complexity index is 29.9. The fourth-order valence-electron chi connectivity index (χ4n) is 0. The summed E-state index contributed by atoms with van der Waals surface area (Å²) in [6.45, 7) is 0. The molecule has 1 N–H and O–H groups in total. The van der Waals surface area contributed by atoms with Crippen molar-refractivity contribution in [2.75, 3.05) is 0 Å². The molecule has 0 unspecified atom stereocenters. The summed E-state index contributed by atoms with van der Waals surface area (Å²) in [5.74, 6) is 0. The van der Waals surface area contributed by atoms with Gasteiger partial charge < -0.3 is 5.21 Å². The van der Waals surface area contributed by atoms with Crippen LogP contribution in [0, 0.1) is 10.1 Å². The second kappa shape index (κ2) is 4.12. The van der Waals surface area contributed by atoms with Crippen LogP contribution in [0.1, 0.15) is 0 Å². The molecule has 0 aliphatic carbocycles. The molecule has 5 heteroatoms. The van der Waals surface area contributed by atoms with Crippen molar-refractivity contribution in [3.05, 3.63) is 10.1 Å². The molecule has 0 amide bonds. The molecule has 5 heavy (non-hydrogen) atoms. The average molecular weight is 175 g/mol. The summed E-state index contributed by atoms with van der Waals surface area (Å²) in [5, 5.41) is 13.6. The van der Waals surface area contributed by atoms with E-state index in [1.807, 2.05) is 0 Å². The van der Waals surface area contributed by atoms with Crippen molar-refractivity contribution in [3.63, 3.8) is 0 Å². The van der Waals surface area contributed by atoms with Gasteiger partial charge in [0, 0.05) is 0 Å². The van der Waals surface area contributed by atoms with Gasteiger partial charge in [0.05, 0.1) is 0 Å². The van der Waals surface area contributed by atoms with Gasteiger partial charge in [-0.2, -0.15) is 0 Å². The molecule has 0 saturated carbocycles. The van der Waals surface area contributed by atoms with Gasteiger partial charge >= 0.3 is 27.3 Å². The van der Waals surface area contributed by atoms with Crippen LogP contribution in [-0.2, 0) is 27.3 Å². The van der Waals surface area contributed by atoms with Gasteiger partial charge in [-0.15, -0.1) is 10.1 Å². The quantitative estimate of drug-likeness (QED) is 0.311. The molecule has 0 aromatic rings. The summed E-state index contributed by atoms with van der Waals surface area (Å²) in [6.07, 6.45) is 0. The van der Waals surface area contributed by atoms with E-state index >= 15 is 0 Å². The summed E-state index contributed by atoms with van der Waals surface area (Å²) in [6, 6.07) is 0. The van der Waals surface area contributed by atoms with Crippen molar-refractivity contribution >= 4 is 0 Å². The zero-order chi connectivity index (χ0) is 3.58. The molecule has 24 valence electrons. The maximum atomic E-state index is 8.36. The standard InChI is InChI=1S/Cd.HNO3/c;2-1(3)4/h;(H,2,3,4)/q+2;. The van der Waals surface area contributed by atoms with Gasteiger partial charge in [-0.3, -0.25) is 0 Å². The SMILES string of the molecule is O=[N+]([O-])O.[Cd+2]. The molecule has 0 heterocycles. The molecule has 0 bridgehead atoms. The molecule has 0 aromatic heterocycles. The van der Waals surface area contributed by atoms with Gasteiger partial charge in [0.15, 0.2) is 0 Å². The van der Waals surface area contributed by atoms with Crippen molar-refractivity contribution < 1.29 is 37.6 Å². The van der Waals surface area contributed by atoms with Crippen LogP contribution in [0.5, 0.6) is 0 Å². The van der Waals surface area contributed by atoms with Crippen LogP contribution in [0.25, 0.3) is 0 Å². The first-order valence-corrected chi connectivity index (χ1v) is 0.565. The molecule has 0 fully saturated rings. The Morgan fingerprint density at radius 3 is 1.80 bits per heavy atom. The Morgan fingerprint density at radius 2 is 1.80 bits per heavy atom. The van der Waals surface area contributed by atoms with E-state index < -0.39 is 5.09 Å². The van der Waals surface area contributed by atoms with Crippen LogP contribution < -0.4 is 0 Å². The van der Waals surface area contributed by atoms with Gasteiger partial charge in [0.25, 0.3) is 5.09 Å². The van der Waals surface area contributed by atoms with Crippen molar-refractivity contribution in [1.29, 1.82) is 0 Å². The molecule has 0 saturated heterocycles. The maximum absolute atomic E-state index is 8.36. The van der Waals surface area contributed by atoms with Crippen LogP contribution in [-0.4, -0.2) is 10.3 Å². The molecular formula is HCdNO3+2. The fraction of sp³-hybridized carbons (Fsp3) is 0. The van der Waals surface area contributed by atoms with Crippen LogP contribution in [0.3, 0.4) is 0 Å². The van der Waals surface area contributed by atoms with E-state index in [2.05, 4.69) is 0 Å². The summed E-state index contributed by atoms with van der Waals surface area (Å²) in [5.41, 5.74) is 0. The Kier molecular flexibility index (Phi) is 7.36. The number of hydrogen-bond acceptors (Lipinski definition) is 2. The van der Waals surface area contributed by atoms with E-state index in [0.29, 0.717) is 0 Å². The van der Waals surface area contributed by atoms with E-state index in [4.69, 9.17) is 15.3 Å². The van der Waals surface area contributed by atoms with Crippen LogP contribution >= 0.6 is 0 Å². The molecule has 0 spiro atoms. The minimum Gasteiger partial charge on any atom is -0.328 e. The van der Waals surface area contributed by atoms with Crippen LogP contribution in [0.2, 0.25) is 0 Å². The largest absolute Gasteiger partial charge is 2.00 e. The first-order chi connectivity index (χ1) is 1.73. The monoisotopic (exact) mass is 177 g/mol. The zero-order valence-electron chi connectivity index (χ0n) is 2.42. The number of hydrogen-bond donors (Lipinski definition) is 1. The second-order valence-electron chi connectivity index (χ2n) is 0.238. The molecule has 0 aliphatic heterocycles. The maximum Gasteiger partial charge on any atom is 2.00 e. The Hall–Kier alpha value is 0.122. The van der Waals surface area contributed by atoms with E-state index in [-0.39, 0.29) is 27.3 Å². The second-order valence-corrected chi connectivity index (χ2v) is 0.238. The van der Waals surface area contributed by atoms with Gasteiger partial charge in [-0.05, 0) is 0 Å². The molecule has 0 radical (unpaired) electrons. The molecule has 0 aromatic carbocycles. The van der Waals surface area contributed by atoms with Gasteiger partial charge in [-0.1, -0.05) is 0 Å². The van der Waals surface area contributed by atoms with Crippen LogP contribution in [0.4, 0.5) is 0 Å². The van der Waals surface area contributed by atoms with Crippen molar-refractivity contribution in [3.8, 4) is 0 Å². The Labute approximate surface area is 48.1 Å². The summed E-state index contributed by atoms with van der Waals surface area (Å²) in [7, 11) is 0. The number of nitrogens with zero attached hydrogens (tertiary/aromatic N) is 1. The smallest absolute Gasteiger partial charge is 0.328 e. The molecule has 4 nitrogen and oxygen atoms in total. The Morgan fingerprint density at radius 1 is 1.80 bits per heavy atom. The summed E-state index contributed by atoms with van der Waals surface area (Å²) in [4.78, 5) is 8.36. The van der Waals surface area contributed by atoms with Gasteiger partial charge in [0.1, 0.15) is 0 Å². The minimum absolute atomic E-state index is 0. The average Bonchev–Trinajstić information content (AvgIpc) is 0.811. The van der Waals surface area contributed by atoms with E-state index in [9.17, 15) is 0 Å². The van der Waals surface area contributed by atoms with E-state index in [0.717, 1.165) is 0 Å². The summed E-state index contributed by atoms with van der Waals surface area (Å²) < 4.78 is 0. The third kappa shape index (κ3) is 1250.